The van der Waals surface area contributed by atoms with Crippen molar-refractivity contribution in [2.75, 3.05) is 25.2 Å². The van der Waals surface area contributed by atoms with Crippen LogP contribution >= 0.6 is 21.6 Å². The molecule has 0 aromatic heterocycles. The molecular weight excluding hydrogens is 574 g/mol. The van der Waals surface area contributed by atoms with Gasteiger partial charge in [-0.25, -0.2) is 0 Å². The number of esters is 1. The number of ether oxygens (including phenoxy) is 3. The van der Waals surface area contributed by atoms with E-state index in [9.17, 15) is 19.8 Å². The number of nitrogens with zero attached hydrogens (tertiary/aromatic N) is 1. The molecule has 1 fully saturated rings. The average Bonchev–Trinajstić information content (AvgIpc) is 3.48. The van der Waals surface area contributed by atoms with Gasteiger partial charge in [0.1, 0.15) is 23.4 Å². The Labute approximate surface area is 255 Å². The second kappa shape index (κ2) is 15.4. The fourth-order valence-electron chi connectivity index (χ4n) is 5.53. The van der Waals surface area contributed by atoms with Crippen molar-refractivity contribution in [3.8, 4) is 28.7 Å². The standard InChI is InChI=1S/C32H39NO7S2/c1-4-5-9-27-28(21-10-11-33-17-21)19-42-41-18-23(12-25(36)16-30(27)39-20(2)34)22-13-29(37)32(31(14-22)38-3)40-26-8-6-7-24(35)15-26/h6-8,10,13-15,17,23,27-28,30,35,37H,4-5,9,11-12,16,18-19H2,1-3H3/t23-,27-,28+,30+/m1/s1. The molecule has 0 saturated carbocycles. The van der Waals surface area contributed by atoms with Crippen molar-refractivity contribution in [1.82, 2.24) is 0 Å². The predicted molar refractivity (Wildman–Crippen MR) is 168 cm³/mol. The van der Waals surface area contributed by atoms with Gasteiger partial charge in [0, 0.05) is 61.3 Å². The topological polar surface area (TPSA) is 115 Å². The molecule has 2 N–H and O–H groups in total. The minimum absolute atomic E-state index is 0.00612. The Morgan fingerprint density at radius 1 is 1.12 bits per heavy atom. The Morgan fingerprint density at radius 2 is 1.93 bits per heavy atom. The summed E-state index contributed by atoms with van der Waals surface area (Å²) in [6.07, 6.45) is 6.77. The highest BCUT2D eigenvalue weighted by Gasteiger charge is 2.36. The lowest BCUT2D eigenvalue weighted by atomic mass is 9.78. The van der Waals surface area contributed by atoms with Crippen LogP contribution in [0.2, 0.25) is 0 Å². The van der Waals surface area contributed by atoms with E-state index in [1.165, 1.54) is 26.2 Å². The number of aliphatic imine (C=N–C) groups is 1. The number of methoxy groups -OCH3 is 1. The summed E-state index contributed by atoms with van der Waals surface area (Å²) in [7, 11) is 4.94. The fourth-order valence-corrected chi connectivity index (χ4v) is 8.30. The summed E-state index contributed by atoms with van der Waals surface area (Å²) in [5.41, 5.74) is 1.91. The zero-order chi connectivity index (χ0) is 30.1. The number of aromatic hydroxyl groups is 2. The third kappa shape index (κ3) is 8.47. The van der Waals surface area contributed by atoms with E-state index in [-0.39, 0.29) is 59.6 Å². The molecule has 8 nitrogen and oxygen atoms in total. The molecule has 0 bridgehead atoms. The molecular formula is C32H39NO7S2. The van der Waals surface area contributed by atoms with Gasteiger partial charge in [0.2, 0.25) is 5.75 Å². The number of hydrogen-bond donors (Lipinski definition) is 2. The minimum atomic E-state index is -0.521. The molecule has 4 atom stereocenters. The number of benzene rings is 2. The van der Waals surface area contributed by atoms with Crippen molar-refractivity contribution in [3.63, 3.8) is 0 Å². The van der Waals surface area contributed by atoms with Crippen LogP contribution in [0.4, 0.5) is 0 Å². The predicted octanol–water partition coefficient (Wildman–Crippen LogP) is 7.09. The quantitative estimate of drug-likeness (QED) is 0.226. The smallest absolute Gasteiger partial charge is 0.302 e. The van der Waals surface area contributed by atoms with Crippen LogP contribution < -0.4 is 9.47 Å². The lowest BCUT2D eigenvalue weighted by Gasteiger charge is -2.33. The maximum Gasteiger partial charge on any atom is 0.302 e. The Hall–Kier alpha value is -3.11. The zero-order valence-corrected chi connectivity index (χ0v) is 25.9. The van der Waals surface area contributed by atoms with Crippen molar-refractivity contribution in [1.29, 1.82) is 0 Å². The molecule has 226 valence electrons. The summed E-state index contributed by atoms with van der Waals surface area (Å²) in [5.74, 6) is 1.69. The highest BCUT2D eigenvalue weighted by Crippen LogP contribution is 2.45. The first-order valence-corrected chi connectivity index (χ1v) is 16.8. The Bertz CT molecular complexity index is 1310. The molecule has 2 heterocycles. The Balaban J connectivity index is 1.62. The van der Waals surface area contributed by atoms with Crippen LogP contribution in [0.3, 0.4) is 0 Å². The van der Waals surface area contributed by atoms with E-state index in [2.05, 4.69) is 18.0 Å². The van der Waals surface area contributed by atoms with Gasteiger partial charge in [0.05, 0.1) is 13.7 Å². The monoisotopic (exact) mass is 613 g/mol. The largest absolute Gasteiger partial charge is 0.508 e. The molecule has 2 aliphatic rings. The molecule has 4 rings (SSSR count). The highest BCUT2D eigenvalue weighted by atomic mass is 33.1. The first kappa shape index (κ1) is 31.8. The second-order valence-corrected chi connectivity index (χ2v) is 13.2. The van der Waals surface area contributed by atoms with Gasteiger partial charge < -0.3 is 24.4 Å². The van der Waals surface area contributed by atoms with Crippen LogP contribution in [0.5, 0.6) is 28.7 Å². The molecule has 2 aromatic carbocycles. The Kier molecular flexibility index (Phi) is 11.7. The SMILES string of the molecule is CCCC[C@H]1[C@@H](OC(C)=O)CC(=O)C[C@@H](c2cc(O)c(Oc3cccc(O)c3)c(OC)c2)CSSC[C@H]1C1=CCN=C1. The van der Waals surface area contributed by atoms with E-state index in [0.29, 0.717) is 23.8 Å². The lowest BCUT2D eigenvalue weighted by molar-refractivity contribution is -0.151. The molecule has 0 radical (unpaired) electrons. The minimum Gasteiger partial charge on any atom is -0.508 e. The third-order valence-corrected chi connectivity index (χ3v) is 10.1. The van der Waals surface area contributed by atoms with E-state index in [1.807, 2.05) is 6.21 Å². The van der Waals surface area contributed by atoms with E-state index < -0.39 is 6.10 Å². The van der Waals surface area contributed by atoms with Gasteiger partial charge in [-0.2, -0.15) is 0 Å². The van der Waals surface area contributed by atoms with Crippen molar-refractivity contribution in [3.05, 3.63) is 53.6 Å². The second-order valence-electron chi connectivity index (χ2n) is 10.6. The van der Waals surface area contributed by atoms with Crippen LogP contribution in [0.15, 0.2) is 53.0 Å². The van der Waals surface area contributed by atoms with Crippen LogP contribution in [0.1, 0.15) is 57.4 Å². The number of phenolic OH excluding ortho intramolecular Hbond substituents is 2. The molecule has 2 aromatic rings. The van der Waals surface area contributed by atoms with Gasteiger partial charge in [0.15, 0.2) is 11.5 Å². The van der Waals surface area contributed by atoms with Gasteiger partial charge in [-0.05, 0) is 41.8 Å². The number of rotatable bonds is 9. The molecule has 0 spiro atoms. The van der Waals surface area contributed by atoms with Crippen LogP contribution in [0, 0.1) is 11.8 Å². The highest BCUT2D eigenvalue weighted by molar-refractivity contribution is 8.76. The molecule has 42 heavy (non-hydrogen) atoms. The summed E-state index contributed by atoms with van der Waals surface area (Å²) in [6, 6.07) is 9.67. The van der Waals surface area contributed by atoms with Gasteiger partial charge in [-0.15, -0.1) is 0 Å². The zero-order valence-electron chi connectivity index (χ0n) is 24.3. The number of carbonyl (C=O) groups excluding carboxylic acids is 2. The normalized spacial score (nSPS) is 23.1. The van der Waals surface area contributed by atoms with Crippen LogP contribution in [-0.2, 0) is 14.3 Å². The van der Waals surface area contributed by atoms with Crippen LogP contribution in [0.25, 0.3) is 0 Å². The first-order valence-electron chi connectivity index (χ1n) is 14.3. The summed E-state index contributed by atoms with van der Waals surface area (Å²) >= 11 is 0. The molecule has 1 saturated heterocycles. The molecule has 0 aliphatic carbocycles. The first-order chi connectivity index (χ1) is 20.3. The van der Waals surface area contributed by atoms with Crippen molar-refractivity contribution >= 4 is 39.6 Å². The average molecular weight is 614 g/mol. The lowest BCUT2D eigenvalue weighted by Crippen LogP contribution is -2.36. The number of carbonyl (C=O) groups is 2. The fraction of sp³-hybridized carbons (Fsp3) is 0.469. The molecule has 2 aliphatic heterocycles. The van der Waals surface area contributed by atoms with E-state index in [0.717, 1.165) is 36.2 Å². The molecule has 0 amide bonds. The van der Waals surface area contributed by atoms with E-state index >= 15 is 0 Å². The number of allylic oxidation sites excluding steroid dienone is 1. The third-order valence-electron chi connectivity index (χ3n) is 7.59. The van der Waals surface area contributed by atoms with Gasteiger partial charge in [0.25, 0.3) is 0 Å². The van der Waals surface area contributed by atoms with Crippen molar-refractivity contribution in [2.45, 2.75) is 58.0 Å². The molecule has 0 unspecified atom stereocenters. The summed E-state index contributed by atoms with van der Waals surface area (Å²) in [5, 5.41) is 20.8. The summed E-state index contributed by atoms with van der Waals surface area (Å²) in [6.45, 7) is 4.20. The van der Waals surface area contributed by atoms with Crippen molar-refractivity contribution in [2.24, 2.45) is 16.8 Å². The number of hydrogen-bond acceptors (Lipinski definition) is 10. The number of phenols is 2. The summed E-state index contributed by atoms with van der Waals surface area (Å²) < 4.78 is 17.3. The van der Waals surface area contributed by atoms with Crippen molar-refractivity contribution < 1.29 is 34.0 Å². The summed E-state index contributed by atoms with van der Waals surface area (Å²) in [4.78, 5) is 30.3. The maximum atomic E-state index is 13.6. The van der Waals surface area contributed by atoms with E-state index in [4.69, 9.17) is 14.2 Å². The number of Topliss-reactive ketones (excluding diaryl/α,β-unsaturated/α-hetero) is 1. The van der Waals surface area contributed by atoms with E-state index in [1.54, 1.807) is 45.9 Å². The number of unbranched alkanes of at least 4 members (excludes halogenated alkanes) is 1. The maximum absolute atomic E-state index is 13.6. The van der Waals surface area contributed by atoms with Gasteiger partial charge >= 0.3 is 5.97 Å². The van der Waals surface area contributed by atoms with Gasteiger partial charge in [-0.3, -0.25) is 14.6 Å². The molecule has 10 heteroatoms. The number of ketones is 1. The van der Waals surface area contributed by atoms with Crippen LogP contribution in [-0.4, -0.2) is 59.4 Å². The van der Waals surface area contributed by atoms with Gasteiger partial charge in [-0.1, -0.05) is 53.5 Å². The Morgan fingerprint density at radius 3 is 2.62 bits per heavy atom.